The van der Waals surface area contributed by atoms with E-state index < -0.39 is 10.0 Å². The Morgan fingerprint density at radius 3 is 2.67 bits per heavy atom. The van der Waals surface area contributed by atoms with Gasteiger partial charge in [-0.2, -0.15) is 4.31 Å². The molecule has 158 valence electrons. The zero-order valence-corrected chi connectivity index (χ0v) is 17.8. The zero-order valence-electron chi connectivity index (χ0n) is 17.0. The van der Waals surface area contributed by atoms with E-state index in [1.807, 2.05) is 37.3 Å². The van der Waals surface area contributed by atoms with E-state index >= 15 is 0 Å². The van der Waals surface area contributed by atoms with Crippen LogP contribution in [0.2, 0.25) is 0 Å². The lowest BCUT2D eigenvalue weighted by Crippen LogP contribution is -2.45. The first kappa shape index (κ1) is 20.8. The van der Waals surface area contributed by atoms with Gasteiger partial charge in [0.15, 0.2) is 0 Å². The van der Waals surface area contributed by atoms with Crippen molar-refractivity contribution in [3.8, 4) is 5.75 Å². The third kappa shape index (κ3) is 4.19. The Morgan fingerprint density at radius 2 is 1.90 bits per heavy atom. The summed E-state index contributed by atoms with van der Waals surface area (Å²) in [6.45, 7) is 2.62. The Hall–Kier alpha value is -2.48. The number of pyridine rings is 1. The van der Waals surface area contributed by atoms with Crippen LogP contribution < -0.4 is 4.74 Å². The number of ether oxygens (including phenoxy) is 1. The highest BCUT2D eigenvalue weighted by Gasteiger charge is 2.33. The first-order valence-electron chi connectivity index (χ1n) is 10.2. The predicted octanol–water partition coefficient (Wildman–Crippen LogP) is 3.66. The largest absolute Gasteiger partial charge is 0.489 e. The second-order valence-electron chi connectivity index (χ2n) is 7.65. The molecule has 1 aromatic heterocycles. The lowest BCUT2D eigenvalue weighted by Gasteiger charge is -2.33. The van der Waals surface area contributed by atoms with Crippen molar-refractivity contribution in [3.05, 3.63) is 65.9 Å². The quantitative estimate of drug-likeness (QED) is 0.651. The van der Waals surface area contributed by atoms with Gasteiger partial charge in [0.05, 0.1) is 17.0 Å². The van der Waals surface area contributed by atoms with Crippen LogP contribution in [0.25, 0.3) is 10.9 Å². The normalized spacial score (nSPS) is 17.9. The van der Waals surface area contributed by atoms with Crippen LogP contribution in [0.3, 0.4) is 0 Å². The van der Waals surface area contributed by atoms with E-state index in [0.29, 0.717) is 25.3 Å². The number of benzene rings is 2. The number of para-hydroxylation sites is 1. The highest BCUT2D eigenvalue weighted by Crippen LogP contribution is 2.27. The molecule has 6 nitrogen and oxygen atoms in total. The van der Waals surface area contributed by atoms with Crippen molar-refractivity contribution in [2.24, 2.45) is 0 Å². The van der Waals surface area contributed by atoms with Gasteiger partial charge < -0.3 is 9.84 Å². The maximum atomic E-state index is 13.0. The van der Waals surface area contributed by atoms with Gasteiger partial charge in [-0.05, 0) is 56.2 Å². The maximum absolute atomic E-state index is 13.0. The van der Waals surface area contributed by atoms with Crippen LogP contribution in [0.1, 0.15) is 30.5 Å². The highest BCUT2D eigenvalue weighted by molar-refractivity contribution is 7.89. The molecule has 0 saturated carbocycles. The molecule has 1 aliphatic heterocycles. The maximum Gasteiger partial charge on any atom is 0.243 e. The molecule has 1 saturated heterocycles. The number of aliphatic hydroxyl groups excluding tert-OH is 1. The van der Waals surface area contributed by atoms with Crippen molar-refractivity contribution in [2.75, 3.05) is 13.2 Å². The summed E-state index contributed by atoms with van der Waals surface area (Å²) >= 11 is 0. The number of fused-ring (bicyclic) bond motifs is 1. The third-order valence-corrected chi connectivity index (χ3v) is 7.50. The summed E-state index contributed by atoms with van der Waals surface area (Å²) in [4.78, 5) is 4.77. The molecule has 0 spiro atoms. The molecule has 3 aromatic rings. The molecular weight excluding hydrogens is 400 g/mol. The van der Waals surface area contributed by atoms with Gasteiger partial charge in [0.25, 0.3) is 0 Å². The minimum absolute atomic E-state index is 0.153. The summed E-state index contributed by atoms with van der Waals surface area (Å²) in [6.07, 6.45) is 2.44. The molecule has 1 fully saturated rings. The molecule has 0 amide bonds. The number of sulfonamides is 1. The van der Waals surface area contributed by atoms with Crippen LogP contribution >= 0.6 is 0 Å². The van der Waals surface area contributed by atoms with E-state index in [1.165, 1.54) is 4.31 Å². The van der Waals surface area contributed by atoms with Crippen LogP contribution in [0.5, 0.6) is 5.75 Å². The Kier molecular flexibility index (Phi) is 6.04. The second-order valence-corrected chi connectivity index (χ2v) is 9.54. The van der Waals surface area contributed by atoms with Gasteiger partial charge >= 0.3 is 0 Å². The fourth-order valence-electron chi connectivity index (χ4n) is 3.99. The van der Waals surface area contributed by atoms with Crippen molar-refractivity contribution in [1.29, 1.82) is 0 Å². The van der Waals surface area contributed by atoms with Gasteiger partial charge in [0.2, 0.25) is 10.0 Å². The van der Waals surface area contributed by atoms with Crippen molar-refractivity contribution >= 4 is 20.9 Å². The van der Waals surface area contributed by atoms with E-state index in [9.17, 15) is 13.5 Å². The number of hydrogen-bond acceptors (Lipinski definition) is 5. The Morgan fingerprint density at radius 1 is 1.13 bits per heavy atom. The average molecular weight is 427 g/mol. The minimum Gasteiger partial charge on any atom is -0.489 e. The monoisotopic (exact) mass is 426 g/mol. The summed E-state index contributed by atoms with van der Waals surface area (Å²) in [6, 6.07) is 16.1. The van der Waals surface area contributed by atoms with Crippen molar-refractivity contribution in [1.82, 2.24) is 9.29 Å². The lowest BCUT2D eigenvalue weighted by atomic mass is 10.1. The van der Waals surface area contributed by atoms with Crippen molar-refractivity contribution in [3.63, 3.8) is 0 Å². The molecule has 2 aromatic carbocycles. The summed E-state index contributed by atoms with van der Waals surface area (Å²) in [5.74, 6) is 0.602. The van der Waals surface area contributed by atoms with Crippen molar-refractivity contribution < 1.29 is 18.3 Å². The Labute approximate surface area is 177 Å². The lowest BCUT2D eigenvalue weighted by molar-refractivity contribution is 0.155. The Balaban J connectivity index is 1.51. The molecule has 0 aliphatic carbocycles. The van der Waals surface area contributed by atoms with E-state index in [0.717, 1.165) is 35.0 Å². The summed E-state index contributed by atoms with van der Waals surface area (Å²) in [5.41, 5.74) is 2.89. The molecule has 0 radical (unpaired) electrons. The highest BCUT2D eigenvalue weighted by atomic mass is 32.2. The molecule has 1 atom stereocenters. The van der Waals surface area contributed by atoms with Crippen LogP contribution in [-0.2, 0) is 16.6 Å². The van der Waals surface area contributed by atoms with Gasteiger partial charge in [-0.15, -0.1) is 0 Å². The molecule has 30 heavy (non-hydrogen) atoms. The van der Waals surface area contributed by atoms with Crippen LogP contribution in [0, 0.1) is 6.92 Å². The topological polar surface area (TPSA) is 79.7 Å². The molecule has 1 unspecified atom stereocenters. The van der Waals surface area contributed by atoms with E-state index in [2.05, 4.69) is 4.98 Å². The van der Waals surface area contributed by atoms with Crippen LogP contribution in [0.15, 0.2) is 59.5 Å². The molecule has 2 heterocycles. The number of rotatable bonds is 6. The number of hydrogen-bond donors (Lipinski definition) is 1. The first-order chi connectivity index (χ1) is 14.5. The minimum atomic E-state index is -3.63. The standard InChI is InChI=1S/C23H26N2O4S/c1-17-14-18(22-7-2-3-8-23(22)24-17)16-29-20-9-11-21(12-10-20)30(27,28)25-13-5-4-6-19(25)15-26/h2-3,7-12,14,19,26H,4-6,13,15-16H2,1H3. The van der Waals surface area contributed by atoms with E-state index in [-0.39, 0.29) is 17.5 Å². The fourth-order valence-corrected chi connectivity index (χ4v) is 5.68. The predicted molar refractivity (Wildman–Crippen MR) is 116 cm³/mol. The van der Waals surface area contributed by atoms with Gasteiger partial charge in [0, 0.05) is 29.2 Å². The SMILES string of the molecule is Cc1cc(COc2ccc(S(=O)(=O)N3CCCCC3CO)cc2)c2ccccc2n1. The zero-order chi connectivity index (χ0) is 21.1. The first-order valence-corrected chi connectivity index (χ1v) is 11.6. The Bertz CT molecular complexity index is 1130. The van der Waals surface area contributed by atoms with Crippen LogP contribution in [0.4, 0.5) is 0 Å². The average Bonchev–Trinajstić information content (AvgIpc) is 2.77. The van der Waals surface area contributed by atoms with Crippen molar-refractivity contribution in [2.45, 2.75) is 43.7 Å². The molecule has 7 heteroatoms. The fraction of sp³-hybridized carbons (Fsp3) is 0.348. The molecule has 0 bridgehead atoms. The summed E-state index contributed by atoms with van der Waals surface area (Å²) < 4.78 is 33.4. The third-order valence-electron chi connectivity index (χ3n) is 5.54. The number of aromatic nitrogens is 1. The molecular formula is C23H26N2O4S. The van der Waals surface area contributed by atoms with Crippen LogP contribution in [-0.4, -0.2) is 42.0 Å². The van der Waals surface area contributed by atoms with Gasteiger partial charge in [-0.1, -0.05) is 24.6 Å². The second kappa shape index (κ2) is 8.71. The molecule has 1 aliphatic rings. The smallest absolute Gasteiger partial charge is 0.243 e. The number of piperidine rings is 1. The number of nitrogens with zero attached hydrogens (tertiary/aromatic N) is 2. The molecule has 1 N–H and O–H groups in total. The van der Waals surface area contributed by atoms with E-state index in [1.54, 1.807) is 24.3 Å². The number of aryl methyl sites for hydroxylation is 1. The van der Waals surface area contributed by atoms with Gasteiger partial charge in [-0.3, -0.25) is 4.98 Å². The number of aliphatic hydroxyl groups is 1. The summed E-state index contributed by atoms with van der Waals surface area (Å²) in [5, 5.41) is 10.6. The van der Waals surface area contributed by atoms with E-state index in [4.69, 9.17) is 4.74 Å². The summed E-state index contributed by atoms with van der Waals surface area (Å²) in [7, 11) is -3.63. The van der Waals surface area contributed by atoms with Gasteiger partial charge in [0.1, 0.15) is 12.4 Å². The van der Waals surface area contributed by atoms with Gasteiger partial charge in [-0.25, -0.2) is 8.42 Å². The molecule has 4 rings (SSSR count).